The molecule has 0 saturated carbocycles. The van der Waals surface area contributed by atoms with Crippen LogP contribution in [-0.4, -0.2) is 28.2 Å². The van der Waals surface area contributed by atoms with Crippen molar-refractivity contribution in [3.63, 3.8) is 0 Å². The molecule has 1 fully saturated rings. The Morgan fingerprint density at radius 1 is 1.03 bits per heavy atom. The molecule has 4 nitrogen and oxygen atoms in total. The minimum Gasteiger partial charge on any atom is -0.281 e. The monoisotopic (exact) mass is 426 g/mol. The topological polar surface area (TPSA) is 50.3 Å². The van der Waals surface area contributed by atoms with Gasteiger partial charge in [-0.2, -0.15) is 0 Å². The summed E-state index contributed by atoms with van der Waals surface area (Å²) in [6, 6.07) is 15.9. The number of hydrogen-bond acceptors (Lipinski definition) is 4. The molecule has 1 atom stereocenters. The third-order valence-electron chi connectivity index (χ3n) is 6.04. The highest BCUT2D eigenvalue weighted by Crippen LogP contribution is 2.52. The Morgan fingerprint density at radius 3 is 2.68 bits per heavy atom. The number of hydrogen-bond donors (Lipinski definition) is 0. The average Bonchev–Trinajstić information content (AvgIpc) is 2.80. The van der Waals surface area contributed by atoms with E-state index in [0.717, 1.165) is 26.6 Å². The van der Waals surface area contributed by atoms with E-state index in [4.69, 9.17) is 0 Å². The number of allylic oxidation sites excluding steroid dienone is 5. The van der Waals surface area contributed by atoms with Crippen molar-refractivity contribution < 1.29 is 9.59 Å². The first-order valence-corrected chi connectivity index (χ1v) is 11.3. The van der Waals surface area contributed by atoms with Gasteiger partial charge in [0.15, 0.2) is 0 Å². The van der Waals surface area contributed by atoms with Crippen molar-refractivity contribution in [2.45, 2.75) is 24.2 Å². The third kappa shape index (κ3) is 3.59. The van der Waals surface area contributed by atoms with E-state index in [1.165, 1.54) is 4.90 Å². The number of piperidine rings is 1. The smallest absolute Gasteiger partial charge is 0.244 e. The molecule has 1 spiro atoms. The maximum absolute atomic E-state index is 13.7. The number of nitrogens with zero attached hydrogens (tertiary/aromatic N) is 2. The Morgan fingerprint density at radius 2 is 1.87 bits per heavy atom. The van der Waals surface area contributed by atoms with Gasteiger partial charge in [0.1, 0.15) is 0 Å². The van der Waals surface area contributed by atoms with E-state index >= 15 is 0 Å². The summed E-state index contributed by atoms with van der Waals surface area (Å²) >= 11 is 1.66. The molecular formula is C26H22N2O2S. The lowest BCUT2D eigenvalue weighted by Crippen LogP contribution is -2.54. The van der Waals surface area contributed by atoms with Gasteiger partial charge in [-0.3, -0.25) is 19.5 Å². The predicted octanol–water partition coefficient (Wildman–Crippen LogP) is 4.87. The molecule has 0 N–H and O–H groups in total. The van der Waals surface area contributed by atoms with Crippen molar-refractivity contribution in [2.75, 3.05) is 6.54 Å². The molecule has 154 valence electrons. The van der Waals surface area contributed by atoms with E-state index in [0.29, 0.717) is 19.4 Å². The van der Waals surface area contributed by atoms with Crippen molar-refractivity contribution in [1.82, 2.24) is 9.88 Å². The molecule has 2 heterocycles. The van der Waals surface area contributed by atoms with Gasteiger partial charge in [-0.25, -0.2) is 0 Å². The summed E-state index contributed by atoms with van der Waals surface area (Å²) in [6.07, 6.45) is 13.4. The molecule has 5 rings (SSSR count). The second kappa shape index (κ2) is 8.16. The van der Waals surface area contributed by atoms with E-state index in [9.17, 15) is 9.59 Å². The first kappa shape index (κ1) is 19.8. The van der Waals surface area contributed by atoms with Gasteiger partial charge in [0.05, 0.1) is 5.41 Å². The average molecular weight is 427 g/mol. The Bertz CT molecular complexity index is 1150. The summed E-state index contributed by atoms with van der Waals surface area (Å²) < 4.78 is 0. The first-order chi connectivity index (χ1) is 15.2. The van der Waals surface area contributed by atoms with Gasteiger partial charge in [-0.1, -0.05) is 54.3 Å². The lowest BCUT2D eigenvalue weighted by Gasteiger charge is -2.45. The molecule has 0 radical (unpaired) electrons. The normalized spacial score (nSPS) is 22.3. The number of amides is 2. The van der Waals surface area contributed by atoms with E-state index < -0.39 is 5.41 Å². The molecule has 2 amide bonds. The van der Waals surface area contributed by atoms with Crippen LogP contribution in [0.2, 0.25) is 0 Å². The van der Waals surface area contributed by atoms with Crippen molar-refractivity contribution in [3.8, 4) is 0 Å². The van der Waals surface area contributed by atoms with Gasteiger partial charge in [0.25, 0.3) is 0 Å². The van der Waals surface area contributed by atoms with Crippen LogP contribution in [0.3, 0.4) is 0 Å². The number of aromatic nitrogens is 1. The summed E-state index contributed by atoms with van der Waals surface area (Å²) in [5.74, 6) is -0.237. The Kier molecular flexibility index (Phi) is 5.20. The second-order valence-electron chi connectivity index (χ2n) is 7.89. The maximum Gasteiger partial charge on any atom is 0.244 e. The first-order valence-electron chi connectivity index (χ1n) is 10.4. The lowest BCUT2D eigenvalue weighted by molar-refractivity contribution is -0.152. The van der Waals surface area contributed by atoms with Crippen LogP contribution in [-0.2, 0) is 16.0 Å². The van der Waals surface area contributed by atoms with Crippen LogP contribution in [0.4, 0.5) is 0 Å². The van der Waals surface area contributed by atoms with Gasteiger partial charge >= 0.3 is 0 Å². The molecule has 3 aliphatic rings. The predicted molar refractivity (Wildman–Crippen MR) is 122 cm³/mol. The van der Waals surface area contributed by atoms with Gasteiger partial charge in [0.2, 0.25) is 11.8 Å². The van der Waals surface area contributed by atoms with Gasteiger partial charge in [0, 0.05) is 41.1 Å². The largest absolute Gasteiger partial charge is 0.281 e. The van der Waals surface area contributed by atoms with Gasteiger partial charge < -0.3 is 0 Å². The van der Waals surface area contributed by atoms with E-state index in [2.05, 4.69) is 29.3 Å². The number of rotatable bonds is 5. The molecule has 2 aromatic rings. The van der Waals surface area contributed by atoms with E-state index in [-0.39, 0.29) is 18.2 Å². The lowest BCUT2D eigenvalue weighted by atomic mass is 9.63. The zero-order valence-corrected chi connectivity index (χ0v) is 17.8. The van der Waals surface area contributed by atoms with Crippen molar-refractivity contribution >= 4 is 23.6 Å². The molecule has 2 aliphatic carbocycles. The molecule has 5 heteroatoms. The number of imide groups is 1. The Labute approximate surface area is 186 Å². The maximum atomic E-state index is 13.7. The highest BCUT2D eigenvalue weighted by Gasteiger charge is 2.53. The number of likely N-dealkylation sites (tertiary alicyclic amines) is 1. The zero-order chi connectivity index (χ0) is 21.3. The SMILES string of the molecule is O=C1CC2=CC(Sc3ccccc3)=CC3=CC=CCC32C(=O)N1CCc1ccccn1. The number of carbonyl (C=O) groups is 2. The van der Waals surface area contributed by atoms with Gasteiger partial charge in [-0.15, -0.1) is 0 Å². The van der Waals surface area contributed by atoms with Crippen molar-refractivity contribution in [3.05, 3.63) is 107 Å². The van der Waals surface area contributed by atoms with Crippen LogP contribution in [0, 0.1) is 5.41 Å². The number of benzene rings is 1. The van der Waals surface area contributed by atoms with Crippen LogP contribution >= 0.6 is 11.8 Å². The minimum absolute atomic E-state index is 0.110. The summed E-state index contributed by atoms with van der Waals surface area (Å²) in [6.45, 7) is 0.357. The van der Waals surface area contributed by atoms with Crippen molar-refractivity contribution in [2.24, 2.45) is 5.41 Å². The molecule has 0 bridgehead atoms. The minimum atomic E-state index is -0.756. The molecule has 1 aromatic carbocycles. The highest BCUT2D eigenvalue weighted by atomic mass is 32.2. The number of pyridine rings is 1. The Hall–Kier alpha value is -3.18. The molecule has 1 aromatic heterocycles. The van der Waals surface area contributed by atoms with Crippen LogP contribution < -0.4 is 0 Å². The third-order valence-corrected chi connectivity index (χ3v) is 7.02. The van der Waals surface area contributed by atoms with Crippen LogP contribution in [0.1, 0.15) is 18.5 Å². The quantitative estimate of drug-likeness (QED) is 0.640. The molecular weight excluding hydrogens is 404 g/mol. The van der Waals surface area contributed by atoms with Crippen LogP contribution in [0.5, 0.6) is 0 Å². The number of thioether (sulfide) groups is 1. The molecule has 31 heavy (non-hydrogen) atoms. The summed E-state index contributed by atoms with van der Waals surface area (Å²) in [4.78, 5) is 34.7. The Balaban J connectivity index is 1.45. The van der Waals surface area contributed by atoms with E-state index in [1.54, 1.807) is 18.0 Å². The standard InChI is InChI=1S/C26H22N2O2S/c29-24-18-20-17-23(31-22-10-2-1-3-11-22)16-19-8-4-6-13-26(19,20)25(30)28(24)15-12-21-9-5-7-14-27-21/h1-11,14,16-17H,12-13,15,18H2. The fourth-order valence-electron chi connectivity index (χ4n) is 4.49. The summed E-state index contributed by atoms with van der Waals surface area (Å²) in [5.41, 5.74) is 2.01. The molecule has 1 unspecified atom stereocenters. The zero-order valence-electron chi connectivity index (χ0n) is 17.0. The van der Waals surface area contributed by atoms with E-state index in [1.807, 2.05) is 54.6 Å². The highest BCUT2D eigenvalue weighted by molar-refractivity contribution is 8.03. The van der Waals surface area contributed by atoms with Crippen LogP contribution in [0.15, 0.2) is 106 Å². The van der Waals surface area contributed by atoms with Crippen molar-refractivity contribution in [1.29, 1.82) is 0 Å². The molecule has 1 saturated heterocycles. The van der Waals surface area contributed by atoms with Gasteiger partial charge in [-0.05, 0) is 54.0 Å². The fourth-order valence-corrected chi connectivity index (χ4v) is 5.44. The second-order valence-corrected chi connectivity index (χ2v) is 9.04. The summed E-state index contributed by atoms with van der Waals surface area (Å²) in [7, 11) is 0. The fraction of sp³-hybridized carbons (Fsp3) is 0.192. The summed E-state index contributed by atoms with van der Waals surface area (Å²) in [5, 5.41) is 0. The van der Waals surface area contributed by atoms with Crippen LogP contribution in [0.25, 0.3) is 0 Å². The molecule has 1 aliphatic heterocycles. The number of carbonyl (C=O) groups excluding carboxylic acids is 2.